The maximum atomic E-state index is 5.86. The fourth-order valence-electron chi connectivity index (χ4n) is 3.80. The van der Waals surface area contributed by atoms with Crippen molar-refractivity contribution in [1.29, 1.82) is 0 Å². The number of piperazine rings is 1. The molecule has 0 aromatic heterocycles. The first-order valence-electron chi connectivity index (χ1n) is 11.8. The van der Waals surface area contributed by atoms with Crippen LogP contribution >= 0.6 is 12.0 Å². The third-order valence-electron chi connectivity index (χ3n) is 5.68. The normalized spacial score (nSPS) is 13.6. The zero-order valence-electron chi connectivity index (χ0n) is 20.9. The van der Waals surface area contributed by atoms with Crippen LogP contribution in [0.1, 0.15) is 25.0 Å². The molecule has 3 aromatic carbocycles. The Morgan fingerprint density at radius 1 is 0.765 bits per heavy atom. The third kappa shape index (κ3) is 7.08. The Kier molecular flexibility index (Phi) is 9.98. The lowest BCUT2D eigenvalue weighted by atomic mass is 10.1. The minimum atomic E-state index is 0.769. The van der Waals surface area contributed by atoms with Gasteiger partial charge in [0.2, 0.25) is 0 Å². The monoisotopic (exact) mass is 480 g/mol. The van der Waals surface area contributed by atoms with Crippen LogP contribution in [0.4, 0.5) is 5.69 Å². The van der Waals surface area contributed by atoms with Gasteiger partial charge in [0.15, 0.2) is 11.5 Å². The van der Waals surface area contributed by atoms with Crippen molar-refractivity contribution in [2.45, 2.75) is 32.2 Å². The second-order valence-corrected chi connectivity index (χ2v) is 8.73. The minimum absolute atomic E-state index is 0.769. The zero-order valence-corrected chi connectivity index (χ0v) is 21.7. The van der Waals surface area contributed by atoms with Crippen molar-refractivity contribution in [2.24, 2.45) is 0 Å². The molecule has 1 heterocycles. The summed E-state index contributed by atoms with van der Waals surface area (Å²) in [4.78, 5) is 6.01. The van der Waals surface area contributed by atoms with Gasteiger partial charge in [0, 0.05) is 43.3 Å². The van der Waals surface area contributed by atoms with Crippen molar-refractivity contribution in [3.8, 4) is 17.2 Å². The molecular weight excluding hydrogens is 444 g/mol. The van der Waals surface area contributed by atoms with E-state index in [1.54, 1.807) is 14.2 Å². The summed E-state index contributed by atoms with van der Waals surface area (Å²) in [6.07, 6.45) is 0. The molecule has 0 atom stereocenters. The minimum Gasteiger partial charge on any atom is -0.493 e. The first-order chi connectivity index (χ1) is 16.6. The molecule has 0 bridgehead atoms. The number of methoxy groups -OCH3 is 2. The Bertz CT molecular complexity index is 1000. The quantitative estimate of drug-likeness (QED) is 0.345. The zero-order chi connectivity index (χ0) is 24.3. The van der Waals surface area contributed by atoms with Crippen LogP contribution in [0.3, 0.4) is 0 Å². The number of nitrogens with zero attached hydrogens (tertiary/aromatic N) is 2. The highest BCUT2D eigenvalue weighted by atomic mass is 32.2. The third-order valence-corrected chi connectivity index (χ3v) is 6.42. The number of hydrogen-bond donors (Lipinski definition) is 0. The summed E-state index contributed by atoms with van der Waals surface area (Å²) in [5.41, 5.74) is 3.73. The standard InChI is InChI=1S/C26H30N2O3S.C2H6/c1-20-4-11-24(12-5-20)32-31-23-9-7-22(8-10-23)28-16-14-27(15-17-28)19-21-6-13-25(29-2)26(18-21)30-3;1-2/h4-13,18H,14-17,19H2,1-3H3;1-2H3. The summed E-state index contributed by atoms with van der Waals surface area (Å²) in [6, 6.07) is 22.9. The first kappa shape index (κ1) is 25.8. The summed E-state index contributed by atoms with van der Waals surface area (Å²) < 4.78 is 16.6. The molecule has 0 aliphatic carbocycles. The van der Waals surface area contributed by atoms with Crippen molar-refractivity contribution in [3.05, 3.63) is 77.9 Å². The van der Waals surface area contributed by atoms with Gasteiger partial charge in [0.25, 0.3) is 0 Å². The van der Waals surface area contributed by atoms with Crippen LogP contribution in [0.25, 0.3) is 0 Å². The molecule has 0 N–H and O–H groups in total. The second-order valence-electron chi connectivity index (χ2n) is 7.93. The van der Waals surface area contributed by atoms with Gasteiger partial charge in [-0.25, -0.2) is 0 Å². The second kappa shape index (κ2) is 13.2. The molecule has 182 valence electrons. The maximum absolute atomic E-state index is 5.86. The van der Waals surface area contributed by atoms with Crippen LogP contribution in [0.2, 0.25) is 0 Å². The lowest BCUT2D eigenvalue weighted by Crippen LogP contribution is -2.45. The van der Waals surface area contributed by atoms with E-state index in [1.807, 2.05) is 32.0 Å². The topological polar surface area (TPSA) is 34.2 Å². The molecule has 0 spiro atoms. The molecular formula is C28H36N2O3S. The van der Waals surface area contributed by atoms with Gasteiger partial charge < -0.3 is 18.6 Å². The molecule has 0 unspecified atom stereocenters. The van der Waals surface area contributed by atoms with Gasteiger partial charge in [0.05, 0.1) is 26.3 Å². The molecule has 34 heavy (non-hydrogen) atoms. The van der Waals surface area contributed by atoms with Crippen LogP contribution < -0.4 is 18.6 Å². The van der Waals surface area contributed by atoms with Crippen molar-refractivity contribution < 1.29 is 13.7 Å². The van der Waals surface area contributed by atoms with E-state index < -0.39 is 0 Å². The number of aryl methyl sites for hydroxylation is 1. The van der Waals surface area contributed by atoms with E-state index in [0.29, 0.717) is 0 Å². The first-order valence-corrected chi connectivity index (χ1v) is 12.6. The van der Waals surface area contributed by atoms with Crippen molar-refractivity contribution in [1.82, 2.24) is 4.90 Å². The van der Waals surface area contributed by atoms with E-state index >= 15 is 0 Å². The highest BCUT2D eigenvalue weighted by molar-refractivity contribution is 7.95. The molecule has 1 saturated heterocycles. The highest BCUT2D eigenvalue weighted by Gasteiger charge is 2.18. The fraction of sp³-hybridized carbons (Fsp3) is 0.357. The summed E-state index contributed by atoms with van der Waals surface area (Å²) in [7, 11) is 3.34. The van der Waals surface area contributed by atoms with E-state index in [-0.39, 0.29) is 0 Å². The number of hydrogen-bond acceptors (Lipinski definition) is 6. The summed E-state index contributed by atoms with van der Waals surface area (Å²) >= 11 is 1.39. The molecule has 1 aliphatic rings. The molecule has 6 heteroatoms. The molecule has 5 nitrogen and oxygen atoms in total. The molecule has 0 amide bonds. The Morgan fingerprint density at radius 3 is 2.03 bits per heavy atom. The Labute approximate surface area is 208 Å². The van der Waals surface area contributed by atoms with Gasteiger partial charge in [-0.2, -0.15) is 0 Å². The van der Waals surface area contributed by atoms with Gasteiger partial charge in [-0.05, 0) is 61.0 Å². The van der Waals surface area contributed by atoms with Crippen LogP contribution in [0, 0.1) is 6.92 Å². The van der Waals surface area contributed by atoms with Crippen molar-refractivity contribution in [2.75, 3.05) is 45.3 Å². The molecule has 1 aliphatic heterocycles. The SMILES string of the molecule is CC.COc1ccc(CN2CCN(c3ccc(OSc4ccc(C)cc4)cc3)CC2)cc1OC. The average Bonchev–Trinajstić information content (AvgIpc) is 2.90. The predicted molar refractivity (Wildman–Crippen MR) is 142 cm³/mol. The lowest BCUT2D eigenvalue weighted by molar-refractivity contribution is 0.249. The van der Waals surface area contributed by atoms with Gasteiger partial charge in [-0.15, -0.1) is 0 Å². The summed E-state index contributed by atoms with van der Waals surface area (Å²) in [5.74, 6) is 2.42. The number of rotatable bonds is 8. The molecule has 1 fully saturated rings. The van der Waals surface area contributed by atoms with E-state index in [9.17, 15) is 0 Å². The number of benzene rings is 3. The van der Waals surface area contributed by atoms with Gasteiger partial charge in [-0.1, -0.05) is 37.6 Å². The van der Waals surface area contributed by atoms with Crippen LogP contribution in [-0.2, 0) is 6.54 Å². The van der Waals surface area contributed by atoms with Crippen molar-refractivity contribution in [3.63, 3.8) is 0 Å². The van der Waals surface area contributed by atoms with E-state index in [4.69, 9.17) is 13.7 Å². The smallest absolute Gasteiger partial charge is 0.161 e. The highest BCUT2D eigenvalue weighted by Crippen LogP contribution is 2.29. The molecule has 4 rings (SSSR count). The number of ether oxygens (including phenoxy) is 2. The van der Waals surface area contributed by atoms with Gasteiger partial charge in [-0.3, -0.25) is 4.90 Å². The molecule has 0 radical (unpaired) electrons. The van der Waals surface area contributed by atoms with Crippen molar-refractivity contribution >= 4 is 17.7 Å². The Balaban J connectivity index is 0.00000158. The molecule has 0 saturated carbocycles. The fourth-order valence-corrected chi connectivity index (χ4v) is 4.35. The maximum Gasteiger partial charge on any atom is 0.161 e. The van der Waals surface area contributed by atoms with Gasteiger partial charge >= 0.3 is 0 Å². The van der Waals surface area contributed by atoms with E-state index in [2.05, 4.69) is 65.3 Å². The average molecular weight is 481 g/mol. The Morgan fingerprint density at radius 2 is 1.41 bits per heavy atom. The predicted octanol–water partition coefficient (Wildman–Crippen LogP) is 6.45. The van der Waals surface area contributed by atoms with Gasteiger partial charge in [0.1, 0.15) is 5.75 Å². The van der Waals surface area contributed by atoms with E-state index in [1.165, 1.54) is 28.9 Å². The number of anilines is 1. The van der Waals surface area contributed by atoms with Crippen LogP contribution in [0.5, 0.6) is 17.2 Å². The Hall–Kier alpha value is -2.83. The van der Waals surface area contributed by atoms with Crippen LogP contribution in [0.15, 0.2) is 71.6 Å². The summed E-state index contributed by atoms with van der Waals surface area (Å²) in [5, 5.41) is 0. The molecule has 3 aromatic rings. The lowest BCUT2D eigenvalue weighted by Gasteiger charge is -2.36. The largest absolute Gasteiger partial charge is 0.493 e. The summed E-state index contributed by atoms with van der Waals surface area (Å²) in [6.45, 7) is 11.1. The van der Waals surface area contributed by atoms with Crippen LogP contribution in [-0.4, -0.2) is 45.3 Å². The van der Waals surface area contributed by atoms with E-state index in [0.717, 1.165) is 54.9 Å².